The van der Waals surface area contributed by atoms with Gasteiger partial charge >= 0.3 is 0 Å². The third-order valence-corrected chi connectivity index (χ3v) is 5.34. The highest BCUT2D eigenvalue weighted by molar-refractivity contribution is 5.67. The van der Waals surface area contributed by atoms with Gasteiger partial charge in [-0.1, -0.05) is 0 Å². The first-order chi connectivity index (χ1) is 12.1. The van der Waals surface area contributed by atoms with Crippen LogP contribution in [0.25, 0.3) is 11.3 Å². The number of rotatable bonds is 6. The van der Waals surface area contributed by atoms with Crippen molar-refractivity contribution in [1.82, 2.24) is 19.7 Å². The summed E-state index contributed by atoms with van der Waals surface area (Å²) in [6.07, 6.45) is 8.07. The Balaban J connectivity index is 1.52. The van der Waals surface area contributed by atoms with Gasteiger partial charge in [-0.2, -0.15) is 5.10 Å². The SMILES string of the molecule is Cn1nccc1-c1cc([N+](=O)[O-])cnc1OCCN1C2CCC1CC2. The summed E-state index contributed by atoms with van der Waals surface area (Å²) in [4.78, 5) is 17.4. The van der Waals surface area contributed by atoms with E-state index in [9.17, 15) is 10.1 Å². The third-order valence-electron chi connectivity index (χ3n) is 5.34. The van der Waals surface area contributed by atoms with Crippen molar-refractivity contribution in [2.45, 2.75) is 37.8 Å². The lowest BCUT2D eigenvalue weighted by atomic mass is 10.0. The first-order valence-corrected chi connectivity index (χ1v) is 8.65. The molecule has 4 heterocycles. The van der Waals surface area contributed by atoms with E-state index in [1.807, 2.05) is 0 Å². The van der Waals surface area contributed by atoms with E-state index in [4.69, 9.17) is 4.74 Å². The Morgan fingerprint density at radius 1 is 1.32 bits per heavy atom. The quantitative estimate of drug-likeness (QED) is 0.591. The predicted octanol–water partition coefficient (Wildman–Crippen LogP) is 2.40. The molecule has 0 atom stereocenters. The second kappa shape index (κ2) is 6.44. The maximum atomic E-state index is 11.1. The minimum Gasteiger partial charge on any atom is -0.476 e. The number of aryl methyl sites for hydroxylation is 1. The molecule has 2 aromatic rings. The molecule has 0 unspecified atom stereocenters. The molecule has 0 N–H and O–H groups in total. The van der Waals surface area contributed by atoms with Crippen LogP contribution >= 0.6 is 0 Å². The van der Waals surface area contributed by atoms with Crippen LogP contribution in [0.5, 0.6) is 5.88 Å². The van der Waals surface area contributed by atoms with E-state index in [-0.39, 0.29) is 5.69 Å². The predicted molar refractivity (Wildman–Crippen MR) is 91.3 cm³/mol. The Morgan fingerprint density at radius 2 is 2.04 bits per heavy atom. The Morgan fingerprint density at radius 3 is 2.64 bits per heavy atom. The average molecular weight is 343 g/mol. The highest BCUT2D eigenvalue weighted by Gasteiger charge is 2.38. The van der Waals surface area contributed by atoms with Gasteiger partial charge in [0.15, 0.2) is 0 Å². The van der Waals surface area contributed by atoms with Crippen LogP contribution in [-0.2, 0) is 7.05 Å². The van der Waals surface area contributed by atoms with Crippen molar-refractivity contribution in [3.8, 4) is 17.1 Å². The Hall–Kier alpha value is -2.48. The Kier molecular flexibility index (Phi) is 4.12. The van der Waals surface area contributed by atoms with Crippen molar-refractivity contribution < 1.29 is 9.66 Å². The summed E-state index contributed by atoms with van der Waals surface area (Å²) in [6, 6.07) is 4.71. The number of nitro groups is 1. The van der Waals surface area contributed by atoms with Crippen LogP contribution in [0, 0.1) is 10.1 Å². The minimum atomic E-state index is -0.446. The molecule has 25 heavy (non-hydrogen) atoms. The van der Waals surface area contributed by atoms with Gasteiger partial charge in [0, 0.05) is 37.9 Å². The standard InChI is InChI=1S/C17H21N5O3/c1-20-16(6-7-19-20)15-10-14(22(23)24)11-18-17(15)25-9-8-21-12-2-3-13(21)5-4-12/h6-7,10-13H,2-5,8-9H2,1H3. The highest BCUT2D eigenvalue weighted by atomic mass is 16.6. The van der Waals surface area contributed by atoms with Crippen molar-refractivity contribution in [2.75, 3.05) is 13.2 Å². The second-order valence-corrected chi connectivity index (χ2v) is 6.69. The molecule has 2 aromatic heterocycles. The molecule has 132 valence electrons. The fraction of sp³-hybridized carbons (Fsp3) is 0.529. The topological polar surface area (TPSA) is 86.3 Å². The fourth-order valence-corrected chi connectivity index (χ4v) is 4.11. The van der Waals surface area contributed by atoms with Gasteiger partial charge in [-0.05, 0) is 31.7 Å². The van der Waals surface area contributed by atoms with Crippen molar-refractivity contribution in [2.24, 2.45) is 7.05 Å². The summed E-state index contributed by atoms with van der Waals surface area (Å²) in [7, 11) is 1.79. The molecule has 0 amide bonds. The molecule has 2 saturated heterocycles. The van der Waals surface area contributed by atoms with E-state index in [1.54, 1.807) is 24.0 Å². The molecule has 2 aliphatic rings. The summed E-state index contributed by atoms with van der Waals surface area (Å²) in [5.41, 5.74) is 1.28. The maximum absolute atomic E-state index is 11.1. The van der Waals surface area contributed by atoms with E-state index in [1.165, 1.54) is 37.9 Å². The first-order valence-electron chi connectivity index (χ1n) is 8.65. The molecule has 8 heteroatoms. The maximum Gasteiger partial charge on any atom is 0.288 e. The normalized spacial score (nSPS) is 22.4. The van der Waals surface area contributed by atoms with E-state index >= 15 is 0 Å². The third kappa shape index (κ3) is 2.97. The van der Waals surface area contributed by atoms with Crippen LogP contribution in [0.1, 0.15) is 25.7 Å². The van der Waals surface area contributed by atoms with Crippen LogP contribution in [0.3, 0.4) is 0 Å². The van der Waals surface area contributed by atoms with Crippen LogP contribution in [0.4, 0.5) is 5.69 Å². The van der Waals surface area contributed by atoms with Crippen molar-refractivity contribution in [1.29, 1.82) is 0 Å². The molecule has 0 aromatic carbocycles. The van der Waals surface area contributed by atoms with Gasteiger partial charge in [0.05, 0.1) is 16.2 Å². The van der Waals surface area contributed by atoms with Crippen molar-refractivity contribution in [3.63, 3.8) is 0 Å². The van der Waals surface area contributed by atoms with Crippen LogP contribution < -0.4 is 4.74 Å². The van der Waals surface area contributed by atoms with Gasteiger partial charge < -0.3 is 4.74 Å². The molecular weight excluding hydrogens is 322 g/mol. The number of hydrogen-bond donors (Lipinski definition) is 0. The van der Waals surface area contributed by atoms with E-state index < -0.39 is 4.92 Å². The number of ether oxygens (including phenoxy) is 1. The summed E-state index contributed by atoms with van der Waals surface area (Å²) in [5.74, 6) is 0.417. The van der Waals surface area contributed by atoms with Gasteiger partial charge in [0.25, 0.3) is 5.69 Å². The number of nitrogens with zero attached hydrogens (tertiary/aromatic N) is 5. The van der Waals surface area contributed by atoms with E-state index in [2.05, 4.69) is 15.0 Å². The van der Waals surface area contributed by atoms with Gasteiger partial charge in [0.1, 0.15) is 12.8 Å². The number of pyridine rings is 1. The zero-order chi connectivity index (χ0) is 17.4. The fourth-order valence-electron chi connectivity index (χ4n) is 4.11. The highest BCUT2D eigenvalue weighted by Crippen LogP contribution is 2.37. The minimum absolute atomic E-state index is 0.0545. The van der Waals surface area contributed by atoms with E-state index in [0.29, 0.717) is 30.1 Å². The molecule has 8 nitrogen and oxygen atoms in total. The largest absolute Gasteiger partial charge is 0.476 e. The van der Waals surface area contributed by atoms with E-state index in [0.717, 1.165) is 12.2 Å². The lowest BCUT2D eigenvalue weighted by molar-refractivity contribution is -0.385. The van der Waals surface area contributed by atoms with Gasteiger partial charge in [0.2, 0.25) is 5.88 Å². The molecule has 4 rings (SSSR count). The molecule has 2 bridgehead atoms. The Bertz CT molecular complexity index is 770. The number of fused-ring (bicyclic) bond motifs is 2. The molecule has 2 fully saturated rings. The molecule has 0 saturated carbocycles. The van der Waals surface area contributed by atoms with Gasteiger partial charge in [-0.3, -0.25) is 19.7 Å². The second-order valence-electron chi connectivity index (χ2n) is 6.69. The van der Waals surface area contributed by atoms with Crippen molar-refractivity contribution in [3.05, 3.63) is 34.6 Å². The van der Waals surface area contributed by atoms with Crippen LogP contribution in [0.15, 0.2) is 24.5 Å². The zero-order valence-corrected chi connectivity index (χ0v) is 14.2. The molecular formula is C17H21N5O3. The molecule has 0 aliphatic carbocycles. The lowest BCUT2D eigenvalue weighted by Crippen LogP contribution is -2.32. The summed E-state index contributed by atoms with van der Waals surface area (Å²) in [6.45, 7) is 1.40. The van der Waals surface area contributed by atoms with Crippen molar-refractivity contribution >= 4 is 5.69 Å². The number of hydrogen-bond acceptors (Lipinski definition) is 6. The summed E-state index contributed by atoms with van der Waals surface area (Å²) < 4.78 is 7.58. The van der Waals surface area contributed by atoms with Gasteiger partial charge in [-0.25, -0.2) is 4.98 Å². The summed E-state index contributed by atoms with van der Waals surface area (Å²) in [5, 5.41) is 15.2. The zero-order valence-electron chi connectivity index (χ0n) is 14.2. The summed E-state index contributed by atoms with van der Waals surface area (Å²) >= 11 is 0. The van der Waals surface area contributed by atoms with Gasteiger partial charge in [-0.15, -0.1) is 0 Å². The Labute approximate surface area is 145 Å². The lowest BCUT2D eigenvalue weighted by Gasteiger charge is -2.21. The average Bonchev–Trinajstić information content (AvgIpc) is 3.31. The molecule has 2 aliphatic heterocycles. The number of aromatic nitrogens is 3. The molecule has 0 radical (unpaired) electrons. The van der Waals surface area contributed by atoms with Crippen LogP contribution in [-0.4, -0.2) is 49.8 Å². The smallest absolute Gasteiger partial charge is 0.288 e. The molecule has 0 spiro atoms. The van der Waals surface area contributed by atoms with Crippen LogP contribution in [0.2, 0.25) is 0 Å². The first kappa shape index (κ1) is 16.0. The monoisotopic (exact) mass is 343 g/mol.